The van der Waals surface area contributed by atoms with Gasteiger partial charge in [0.1, 0.15) is 5.02 Å². The molecule has 3 fully saturated rings. The van der Waals surface area contributed by atoms with Gasteiger partial charge in [-0.1, -0.05) is 30.9 Å². The van der Waals surface area contributed by atoms with Crippen LogP contribution in [0.4, 0.5) is 5.69 Å². The van der Waals surface area contributed by atoms with Crippen LogP contribution in [0.15, 0.2) is 11.0 Å². The molecule has 10 heteroatoms. The Bertz CT molecular complexity index is 902. The summed E-state index contributed by atoms with van der Waals surface area (Å²) in [6, 6.07) is -0.136. The molecular weight excluding hydrogens is 440 g/mol. The normalized spacial score (nSPS) is 24.9. The molecule has 31 heavy (non-hydrogen) atoms. The Morgan fingerprint density at radius 2 is 1.84 bits per heavy atom. The van der Waals surface area contributed by atoms with Crippen molar-refractivity contribution in [1.29, 1.82) is 0 Å². The number of anilines is 1. The Morgan fingerprint density at radius 1 is 1.10 bits per heavy atom. The molecule has 0 aromatic carbocycles. The van der Waals surface area contributed by atoms with Gasteiger partial charge in [-0.2, -0.15) is 5.10 Å². The van der Waals surface area contributed by atoms with Crippen LogP contribution in [0.3, 0.4) is 0 Å². The third-order valence-corrected chi connectivity index (χ3v) is 9.65. The predicted molar refractivity (Wildman–Crippen MR) is 121 cm³/mol. The number of rotatable bonds is 6. The molecule has 174 valence electrons. The molecular formula is C21H33ClN4O4S. The second-order valence-corrected chi connectivity index (χ2v) is 11.6. The van der Waals surface area contributed by atoms with E-state index in [0.717, 1.165) is 58.2 Å². The monoisotopic (exact) mass is 472 g/mol. The number of hydrogen-bond acceptors (Lipinski definition) is 6. The summed E-state index contributed by atoms with van der Waals surface area (Å²) in [5.41, 5.74) is 0.228. The lowest BCUT2D eigenvalue weighted by atomic mass is 10.0. The number of ether oxygens (including phenoxy) is 1. The van der Waals surface area contributed by atoms with Crippen molar-refractivity contribution in [2.75, 3.05) is 38.2 Å². The molecule has 0 spiro atoms. The fourth-order valence-corrected chi connectivity index (χ4v) is 7.24. The quantitative estimate of drug-likeness (QED) is 0.683. The molecule has 1 aliphatic carbocycles. The zero-order chi connectivity index (χ0) is 21.8. The van der Waals surface area contributed by atoms with Crippen LogP contribution in [-0.2, 0) is 14.8 Å². The van der Waals surface area contributed by atoms with E-state index >= 15 is 0 Å². The molecule has 2 aliphatic heterocycles. The van der Waals surface area contributed by atoms with Gasteiger partial charge in [0.15, 0.2) is 0 Å². The van der Waals surface area contributed by atoms with Gasteiger partial charge in [-0.3, -0.25) is 4.79 Å². The van der Waals surface area contributed by atoms with Gasteiger partial charge in [-0.05, 0) is 44.4 Å². The number of sulfonamides is 1. The molecule has 1 saturated carbocycles. The summed E-state index contributed by atoms with van der Waals surface area (Å²) in [7, 11) is -3.25. The molecule has 0 radical (unpaired) electrons. The lowest BCUT2D eigenvalue weighted by Gasteiger charge is -2.35. The maximum Gasteiger partial charge on any atom is 0.287 e. The van der Waals surface area contributed by atoms with Crippen molar-refractivity contribution in [3.63, 3.8) is 0 Å². The highest BCUT2D eigenvalue weighted by Crippen LogP contribution is 2.30. The molecule has 1 N–H and O–H groups in total. The van der Waals surface area contributed by atoms with Crippen molar-refractivity contribution in [3.05, 3.63) is 21.6 Å². The van der Waals surface area contributed by atoms with E-state index in [2.05, 4.69) is 10.4 Å². The first-order valence-electron chi connectivity index (χ1n) is 11.5. The Labute approximate surface area is 189 Å². The highest BCUT2D eigenvalue weighted by molar-refractivity contribution is 7.89. The Balaban J connectivity index is 1.37. The average molecular weight is 473 g/mol. The maximum atomic E-state index is 13.0. The Kier molecular flexibility index (Phi) is 7.56. The van der Waals surface area contributed by atoms with E-state index in [1.54, 1.807) is 10.5 Å². The molecule has 0 bridgehead atoms. The van der Waals surface area contributed by atoms with E-state index in [1.165, 1.54) is 4.68 Å². The van der Waals surface area contributed by atoms with Gasteiger partial charge in [0.2, 0.25) is 10.0 Å². The van der Waals surface area contributed by atoms with Crippen LogP contribution in [0.2, 0.25) is 5.02 Å². The van der Waals surface area contributed by atoms with Crippen molar-refractivity contribution < 1.29 is 13.2 Å². The van der Waals surface area contributed by atoms with Gasteiger partial charge >= 0.3 is 0 Å². The second-order valence-electron chi connectivity index (χ2n) is 9.02. The van der Waals surface area contributed by atoms with Crippen LogP contribution in [-0.4, -0.2) is 60.6 Å². The summed E-state index contributed by atoms with van der Waals surface area (Å²) >= 11 is 6.36. The van der Waals surface area contributed by atoms with Gasteiger partial charge in [-0.15, -0.1) is 0 Å². The molecule has 1 aromatic rings. The van der Waals surface area contributed by atoms with E-state index in [1.807, 2.05) is 0 Å². The lowest BCUT2D eigenvalue weighted by Crippen LogP contribution is -2.45. The first kappa shape index (κ1) is 23.0. The molecule has 8 nitrogen and oxygen atoms in total. The highest BCUT2D eigenvalue weighted by atomic mass is 35.5. The summed E-state index contributed by atoms with van der Waals surface area (Å²) in [5, 5.41) is 7.50. The van der Waals surface area contributed by atoms with E-state index in [4.69, 9.17) is 16.3 Å². The van der Waals surface area contributed by atoms with Gasteiger partial charge in [0.25, 0.3) is 5.56 Å². The van der Waals surface area contributed by atoms with E-state index in [0.29, 0.717) is 44.1 Å². The van der Waals surface area contributed by atoms with Gasteiger partial charge in [0, 0.05) is 26.2 Å². The van der Waals surface area contributed by atoms with E-state index < -0.39 is 10.0 Å². The van der Waals surface area contributed by atoms with Crippen LogP contribution in [0.25, 0.3) is 0 Å². The summed E-state index contributed by atoms with van der Waals surface area (Å²) < 4.78 is 34.5. The maximum absolute atomic E-state index is 13.0. The first-order chi connectivity index (χ1) is 15.0. The van der Waals surface area contributed by atoms with E-state index in [-0.39, 0.29) is 21.9 Å². The molecule has 1 aromatic heterocycles. The van der Waals surface area contributed by atoms with Crippen molar-refractivity contribution >= 4 is 27.3 Å². The average Bonchev–Trinajstić information content (AvgIpc) is 2.81. The summed E-state index contributed by atoms with van der Waals surface area (Å²) in [4.78, 5) is 12.8. The molecule has 1 atom stereocenters. The van der Waals surface area contributed by atoms with Gasteiger partial charge < -0.3 is 10.1 Å². The molecule has 0 amide bonds. The predicted octanol–water partition coefficient (Wildman–Crippen LogP) is 3.03. The molecule has 0 unspecified atom stereocenters. The van der Waals surface area contributed by atoms with Crippen molar-refractivity contribution in [1.82, 2.24) is 14.1 Å². The van der Waals surface area contributed by atoms with Gasteiger partial charge in [-0.25, -0.2) is 17.4 Å². The fourth-order valence-electron chi connectivity index (χ4n) is 4.97. The molecule has 2 saturated heterocycles. The zero-order valence-electron chi connectivity index (χ0n) is 18.0. The summed E-state index contributed by atoms with van der Waals surface area (Å²) in [5.74, 6) is 0.405. The molecule has 3 aliphatic rings. The van der Waals surface area contributed by atoms with Crippen LogP contribution in [0.5, 0.6) is 0 Å². The smallest absolute Gasteiger partial charge is 0.287 e. The number of nitrogens with one attached hydrogen (secondary N) is 1. The fraction of sp³-hybridized carbons (Fsp3) is 0.810. The molecule has 4 rings (SSSR count). The largest absolute Gasteiger partial charge is 0.382 e. The number of halogens is 1. The minimum atomic E-state index is -3.25. The second kappa shape index (κ2) is 10.2. The summed E-state index contributed by atoms with van der Waals surface area (Å²) in [6.45, 7) is 3.09. The topological polar surface area (TPSA) is 93.5 Å². The van der Waals surface area contributed by atoms with Crippen LogP contribution in [0, 0.1) is 5.92 Å². The Morgan fingerprint density at radius 3 is 2.52 bits per heavy atom. The van der Waals surface area contributed by atoms with Crippen LogP contribution in [0.1, 0.15) is 63.8 Å². The third-order valence-electron chi connectivity index (χ3n) is 6.88. The van der Waals surface area contributed by atoms with Crippen molar-refractivity contribution in [2.24, 2.45) is 5.92 Å². The van der Waals surface area contributed by atoms with Crippen molar-refractivity contribution in [3.8, 4) is 0 Å². The van der Waals surface area contributed by atoms with E-state index in [9.17, 15) is 13.2 Å². The highest BCUT2D eigenvalue weighted by Gasteiger charge is 2.36. The Hall–Kier alpha value is -1.16. The third kappa shape index (κ3) is 5.26. The number of piperidine rings is 1. The first-order valence-corrected chi connectivity index (χ1v) is 13.4. The van der Waals surface area contributed by atoms with Crippen LogP contribution >= 0.6 is 11.6 Å². The van der Waals surface area contributed by atoms with Gasteiger partial charge in [0.05, 0.1) is 29.8 Å². The standard InChI is InChI=1S/C21H33ClN4O4S/c22-20-19(23-13-16-5-4-12-30-15-16)14-24-26(21(20)27)17-8-10-25(11-9-17)31(28,29)18-6-2-1-3-7-18/h14,16-18,23H,1-13,15H2/t16-/m1/s1. The lowest BCUT2D eigenvalue weighted by molar-refractivity contribution is 0.0595. The minimum absolute atomic E-state index is 0.136. The number of nitrogens with zero attached hydrogens (tertiary/aromatic N) is 3. The number of hydrogen-bond donors (Lipinski definition) is 1. The molecule has 3 heterocycles. The SMILES string of the molecule is O=c1c(Cl)c(NC[C@H]2CCCOC2)cnn1C1CCN(S(=O)(=O)C2CCCCC2)CC1. The minimum Gasteiger partial charge on any atom is -0.382 e. The zero-order valence-corrected chi connectivity index (χ0v) is 19.5. The van der Waals surface area contributed by atoms with Crippen LogP contribution < -0.4 is 10.9 Å². The summed E-state index contributed by atoms with van der Waals surface area (Å²) in [6.07, 6.45) is 9.54. The number of aromatic nitrogens is 2. The van der Waals surface area contributed by atoms with Crippen molar-refractivity contribution in [2.45, 2.75) is 69.1 Å².